The van der Waals surface area contributed by atoms with E-state index in [1.54, 1.807) is 13.8 Å². The lowest BCUT2D eigenvalue weighted by Gasteiger charge is -1.73. The van der Waals surface area contributed by atoms with Crippen molar-refractivity contribution in [2.45, 2.75) is 20.8 Å². The van der Waals surface area contributed by atoms with Crippen LogP contribution in [0.3, 0.4) is 0 Å². The Morgan fingerprint density at radius 3 is 1.93 bits per heavy atom. The highest BCUT2D eigenvalue weighted by Gasteiger charge is 1.89. The van der Waals surface area contributed by atoms with Crippen LogP contribution in [0.4, 0.5) is 0 Å². The Morgan fingerprint density at radius 1 is 1.43 bits per heavy atom. The smallest absolute Gasteiger partial charge is 0.223 e. The normalized spacial score (nSPS) is 9.36. The van der Waals surface area contributed by atoms with Gasteiger partial charge in [-0.15, -0.1) is 0 Å². The van der Waals surface area contributed by atoms with E-state index in [2.05, 4.69) is 25.7 Å². The van der Waals surface area contributed by atoms with Gasteiger partial charge in [0.05, 0.1) is 0 Å². The Balaban J connectivity index is 0. The lowest BCUT2D eigenvalue weighted by Crippen LogP contribution is -2.03. The Hall–Kier alpha value is -1.67. The number of nitrogens with two attached hydrogens (primary N) is 2. The molecule has 8 nitrogen and oxygen atoms in total. The van der Waals surface area contributed by atoms with E-state index in [1.807, 2.05) is 0 Å². The summed E-state index contributed by atoms with van der Waals surface area (Å²) in [5.41, 5.74) is 4.79. The Kier molecular flexibility index (Phi) is 9.98. The van der Waals surface area contributed by atoms with Crippen LogP contribution in [-0.2, 0) is 0 Å². The minimum atomic E-state index is 0.185. The van der Waals surface area contributed by atoms with Gasteiger partial charge in [0.2, 0.25) is 5.89 Å². The summed E-state index contributed by atoms with van der Waals surface area (Å²) in [5.74, 6) is 5.00. The Bertz CT molecular complexity index is 239. The maximum atomic E-state index is 7.61. The number of hydrogen-bond donors (Lipinski definition) is 4. The minimum absolute atomic E-state index is 0.185. The maximum Gasteiger partial charge on any atom is 0.223 e. The molecule has 0 fully saturated rings. The molecule has 14 heavy (non-hydrogen) atoms. The highest BCUT2D eigenvalue weighted by molar-refractivity contribution is 5.76. The molecule has 6 N–H and O–H groups in total. The highest BCUT2D eigenvalue weighted by atomic mass is 16.5. The van der Waals surface area contributed by atoms with Gasteiger partial charge in [-0.1, -0.05) is 10.3 Å². The monoisotopic (exact) mass is 205 g/mol. The van der Waals surface area contributed by atoms with Gasteiger partial charge in [-0.2, -0.15) is 4.98 Å². The highest BCUT2D eigenvalue weighted by Crippen LogP contribution is 1.89. The van der Waals surface area contributed by atoms with Gasteiger partial charge in [0, 0.05) is 6.92 Å². The van der Waals surface area contributed by atoms with Gasteiger partial charge in [0.25, 0.3) is 0 Å². The molecule has 0 radical (unpaired) electrons. The maximum absolute atomic E-state index is 7.61. The van der Waals surface area contributed by atoms with Gasteiger partial charge in [0.15, 0.2) is 5.82 Å². The average molecular weight is 205 g/mol. The van der Waals surface area contributed by atoms with E-state index < -0.39 is 0 Å². The summed E-state index contributed by atoms with van der Waals surface area (Å²) < 4.78 is 4.60. The SMILES string of the molecule is CC(N)=NO.Cc1noc(C)n1.NO. The molecule has 0 aliphatic heterocycles. The summed E-state index contributed by atoms with van der Waals surface area (Å²) in [6.07, 6.45) is 0. The fraction of sp³-hybridized carbons (Fsp3) is 0.500. The van der Waals surface area contributed by atoms with Gasteiger partial charge in [-0.05, 0) is 13.8 Å². The van der Waals surface area contributed by atoms with Gasteiger partial charge in [0.1, 0.15) is 5.84 Å². The standard InChI is InChI=1S/C4H6N2O.C2H6N2O.H3NO/c1-3-5-4(2)7-6-3;1-2(3)4-5;1-2/h1-2H3;5H,1H3,(H2,3,4);2H,1H2. The first-order valence-electron chi connectivity index (χ1n) is 3.53. The predicted octanol–water partition coefficient (Wildman–Crippen LogP) is -0.227. The fourth-order valence-electron chi connectivity index (χ4n) is 0.401. The van der Waals surface area contributed by atoms with E-state index in [-0.39, 0.29) is 5.84 Å². The van der Waals surface area contributed by atoms with Crippen molar-refractivity contribution in [1.29, 1.82) is 0 Å². The second-order valence-electron chi connectivity index (χ2n) is 2.10. The first-order chi connectivity index (χ1) is 6.56. The molecular weight excluding hydrogens is 190 g/mol. The lowest BCUT2D eigenvalue weighted by molar-refractivity contribution is 0.311. The van der Waals surface area contributed by atoms with Gasteiger partial charge in [-0.25, -0.2) is 5.90 Å². The topological polar surface area (TPSA) is 144 Å². The summed E-state index contributed by atoms with van der Waals surface area (Å²) in [6.45, 7) is 5.05. The molecule has 8 heteroatoms. The van der Waals surface area contributed by atoms with Crippen LogP contribution in [0.2, 0.25) is 0 Å². The molecule has 1 aromatic rings. The average Bonchev–Trinajstić information content (AvgIpc) is 2.54. The molecule has 0 atom stereocenters. The minimum Gasteiger partial charge on any atom is -0.409 e. The van der Waals surface area contributed by atoms with Crippen molar-refractivity contribution in [3.8, 4) is 0 Å². The molecule has 1 aromatic heterocycles. The van der Waals surface area contributed by atoms with Crippen LogP contribution in [0.15, 0.2) is 9.68 Å². The van der Waals surface area contributed by atoms with Crippen LogP contribution in [0.1, 0.15) is 18.6 Å². The van der Waals surface area contributed by atoms with E-state index in [0.717, 1.165) is 0 Å². The number of oxime groups is 1. The summed E-state index contributed by atoms with van der Waals surface area (Å²) in [4.78, 5) is 3.83. The number of amidine groups is 1. The number of nitrogens with zero attached hydrogens (tertiary/aromatic N) is 3. The number of aryl methyl sites for hydroxylation is 2. The van der Waals surface area contributed by atoms with Crippen molar-refractivity contribution < 1.29 is 14.9 Å². The van der Waals surface area contributed by atoms with Crippen molar-refractivity contribution >= 4 is 5.84 Å². The second kappa shape index (κ2) is 9.42. The number of aromatic nitrogens is 2. The molecule has 0 bridgehead atoms. The van der Waals surface area contributed by atoms with Crippen LogP contribution in [-0.4, -0.2) is 26.4 Å². The van der Waals surface area contributed by atoms with Crippen LogP contribution in [0.25, 0.3) is 0 Å². The lowest BCUT2D eigenvalue weighted by atomic mass is 10.7. The van der Waals surface area contributed by atoms with E-state index in [4.69, 9.17) is 16.1 Å². The Labute approximate surface area is 81.2 Å². The molecule has 82 valence electrons. The summed E-state index contributed by atoms with van der Waals surface area (Å²) >= 11 is 0. The Morgan fingerprint density at radius 2 is 1.86 bits per heavy atom. The zero-order valence-electron chi connectivity index (χ0n) is 8.30. The van der Waals surface area contributed by atoms with Crippen LogP contribution in [0, 0.1) is 13.8 Å². The van der Waals surface area contributed by atoms with Crippen molar-refractivity contribution in [2.75, 3.05) is 0 Å². The molecular formula is C6H15N5O3. The van der Waals surface area contributed by atoms with E-state index in [9.17, 15) is 0 Å². The molecule has 0 spiro atoms. The molecule has 0 aromatic carbocycles. The van der Waals surface area contributed by atoms with Gasteiger partial charge in [-0.3, -0.25) is 0 Å². The van der Waals surface area contributed by atoms with Crippen LogP contribution < -0.4 is 11.6 Å². The molecule has 0 aliphatic rings. The summed E-state index contributed by atoms with van der Waals surface area (Å²) in [7, 11) is 0. The zero-order valence-corrected chi connectivity index (χ0v) is 8.30. The second-order valence-corrected chi connectivity index (χ2v) is 2.10. The van der Waals surface area contributed by atoms with E-state index in [1.165, 1.54) is 6.92 Å². The third-order valence-electron chi connectivity index (χ3n) is 0.787. The molecule has 1 heterocycles. The van der Waals surface area contributed by atoms with Crippen LogP contribution in [0.5, 0.6) is 0 Å². The fourth-order valence-corrected chi connectivity index (χ4v) is 0.401. The van der Waals surface area contributed by atoms with Crippen molar-refractivity contribution in [3.05, 3.63) is 11.7 Å². The van der Waals surface area contributed by atoms with Crippen molar-refractivity contribution in [1.82, 2.24) is 10.1 Å². The molecule has 0 amide bonds. The largest absolute Gasteiger partial charge is 0.409 e. The molecule has 1 rings (SSSR count). The molecule has 0 unspecified atom stereocenters. The molecule has 0 saturated heterocycles. The summed E-state index contributed by atoms with van der Waals surface area (Å²) in [6, 6.07) is 0. The summed E-state index contributed by atoms with van der Waals surface area (Å²) in [5, 5.41) is 20.2. The number of hydrogen-bond acceptors (Lipinski definition) is 7. The van der Waals surface area contributed by atoms with Gasteiger partial charge >= 0.3 is 0 Å². The van der Waals surface area contributed by atoms with E-state index in [0.29, 0.717) is 11.7 Å². The quantitative estimate of drug-likeness (QED) is 0.198. The van der Waals surface area contributed by atoms with E-state index >= 15 is 0 Å². The van der Waals surface area contributed by atoms with Crippen molar-refractivity contribution in [3.63, 3.8) is 0 Å². The third-order valence-corrected chi connectivity index (χ3v) is 0.787. The van der Waals surface area contributed by atoms with Crippen LogP contribution >= 0.6 is 0 Å². The third kappa shape index (κ3) is 10.3. The van der Waals surface area contributed by atoms with Gasteiger partial charge < -0.3 is 20.7 Å². The zero-order chi connectivity index (χ0) is 11.6. The predicted molar refractivity (Wildman–Crippen MR) is 48.8 cm³/mol. The number of rotatable bonds is 0. The van der Waals surface area contributed by atoms with Crippen molar-refractivity contribution in [2.24, 2.45) is 16.8 Å². The molecule has 0 saturated carbocycles. The first-order valence-corrected chi connectivity index (χ1v) is 3.53. The first kappa shape index (κ1) is 14.8. The molecule has 0 aliphatic carbocycles.